The van der Waals surface area contributed by atoms with Crippen molar-refractivity contribution >= 4 is 15.9 Å². The van der Waals surface area contributed by atoms with Crippen LogP contribution in [0, 0.1) is 6.92 Å². The lowest BCUT2D eigenvalue weighted by Gasteiger charge is -2.25. The van der Waals surface area contributed by atoms with Gasteiger partial charge in [-0.1, -0.05) is 23.7 Å². The van der Waals surface area contributed by atoms with Crippen LogP contribution in [0.4, 0.5) is 0 Å². The molecule has 0 saturated carbocycles. The van der Waals surface area contributed by atoms with Crippen molar-refractivity contribution in [1.82, 2.24) is 19.8 Å². The van der Waals surface area contributed by atoms with Crippen LogP contribution in [-0.4, -0.2) is 48.4 Å². The minimum Gasteiger partial charge on any atom is -0.356 e. The van der Waals surface area contributed by atoms with Crippen molar-refractivity contribution in [3.8, 4) is 0 Å². The molecule has 1 fully saturated rings. The number of carbonyl (C=O) groups is 1. The summed E-state index contributed by atoms with van der Waals surface area (Å²) < 4.78 is 31.8. The number of carbonyl (C=O) groups excluding carboxylic acids is 1. The quantitative estimate of drug-likeness (QED) is 0.717. The Morgan fingerprint density at radius 3 is 2.50 bits per heavy atom. The number of nitrogens with one attached hydrogen (secondary N) is 1. The number of nitrogens with zero attached hydrogens (tertiary/aromatic N) is 3. The summed E-state index contributed by atoms with van der Waals surface area (Å²) in [5.74, 6) is 1.01. The van der Waals surface area contributed by atoms with E-state index in [2.05, 4.69) is 15.5 Å². The molecule has 8 nitrogen and oxygen atoms in total. The van der Waals surface area contributed by atoms with E-state index in [1.165, 1.54) is 0 Å². The largest absolute Gasteiger partial charge is 0.356 e. The van der Waals surface area contributed by atoms with Crippen molar-refractivity contribution in [1.29, 1.82) is 0 Å². The number of sulfonamides is 1. The molecule has 0 atom stereocenters. The summed E-state index contributed by atoms with van der Waals surface area (Å²) in [5.41, 5.74) is 0.931. The smallest absolute Gasteiger partial charge is 0.243 e. The van der Waals surface area contributed by atoms with Crippen LogP contribution in [0.3, 0.4) is 0 Å². The van der Waals surface area contributed by atoms with E-state index in [1.807, 2.05) is 0 Å². The minimum atomic E-state index is -3.41. The summed E-state index contributed by atoms with van der Waals surface area (Å²) in [7, 11) is -3.41. The van der Waals surface area contributed by atoms with E-state index < -0.39 is 10.0 Å². The predicted octanol–water partition coefficient (Wildman–Crippen LogP) is 1.84. The average molecular weight is 407 g/mol. The van der Waals surface area contributed by atoms with Gasteiger partial charge in [0.2, 0.25) is 21.8 Å². The fourth-order valence-corrected chi connectivity index (χ4v) is 4.70. The first-order chi connectivity index (χ1) is 13.4. The van der Waals surface area contributed by atoms with Crippen LogP contribution in [0.2, 0.25) is 0 Å². The number of aromatic nitrogens is 2. The number of piperidine rings is 1. The molecule has 0 radical (unpaired) electrons. The third-order valence-corrected chi connectivity index (χ3v) is 6.66. The van der Waals surface area contributed by atoms with Crippen molar-refractivity contribution in [2.24, 2.45) is 0 Å². The van der Waals surface area contributed by atoms with Gasteiger partial charge < -0.3 is 9.84 Å². The third-order valence-electron chi connectivity index (χ3n) is 4.75. The Morgan fingerprint density at radius 1 is 1.14 bits per heavy atom. The van der Waals surface area contributed by atoms with Crippen molar-refractivity contribution in [2.45, 2.75) is 50.3 Å². The normalized spacial score (nSPS) is 15.5. The number of rotatable bonds is 8. The highest BCUT2D eigenvalue weighted by atomic mass is 32.2. The van der Waals surface area contributed by atoms with Crippen LogP contribution in [0.5, 0.6) is 0 Å². The molecule has 1 aliphatic rings. The van der Waals surface area contributed by atoms with Gasteiger partial charge in [0.05, 0.1) is 4.90 Å². The Balaban J connectivity index is 1.45. The van der Waals surface area contributed by atoms with Gasteiger partial charge in [-0.3, -0.25) is 4.79 Å². The first-order valence-electron chi connectivity index (χ1n) is 9.60. The zero-order chi connectivity index (χ0) is 20.0. The molecule has 1 aromatic heterocycles. The maximum Gasteiger partial charge on any atom is 0.243 e. The monoisotopic (exact) mass is 406 g/mol. The van der Waals surface area contributed by atoms with Gasteiger partial charge in [0.25, 0.3) is 0 Å². The van der Waals surface area contributed by atoms with Gasteiger partial charge in [0.1, 0.15) is 0 Å². The molecule has 1 saturated heterocycles. The molecule has 2 heterocycles. The number of hydrogen-bond donors (Lipinski definition) is 1. The third kappa shape index (κ3) is 5.39. The van der Waals surface area contributed by atoms with Crippen molar-refractivity contribution in [3.05, 3.63) is 41.5 Å². The van der Waals surface area contributed by atoms with Gasteiger partial charge in [0, 0.05) is 32.5 Å². The van der Waals surface area contributed by atoms with Crippen molar-refractivity contribution in [3.63, 3.8) is 0 Å². The number of hydrogen-bond acceptors (Lipinski definition) is 6. The summed E-state index contributed by atoms with van der Waals surface area (Å²) in [6.45, 7) is 3.36. The average Bonchev–Trinajstić information content (AvgIpc) is 3.12. The Bertz CT molecular complexity index is 887. The summed E-state index contributed by atoms with van der Waals surface area (Å²) >= 11 is 0. The molecule has 0 unspecified atom stereocenters. The molecule has 3 rings (SSSR count). The molecular formula is C19H26N4O4S. The van der Waals surface area contributed by atoms with Gasteiger partial charge in [-0.15, -0.1) is 0 Å². The van der Waals surface area contributed by atoms with E-state index in [-0.39, 0.29) is 5.91 Å². The molecule has 28 heavy (non-hydrogen) atoms. The van der Waals surface area contributed by atoms with Crippen LogP contribution in [0.1, 0.15) is 43.0 Å². The van der Waals surface area contributed by atoms with Crippen LogP contribution in [-0.2, 0) is 27.7 Å². The Kier molecular flexibility index (Phi) is 6.79. The predicted molar refractivity (Wildman–Crippen MR) is 103 cm³/mol. The molecule has 0 aliphatic carbocycles. The fourth-order valence-electron chi connectivity index (χ4n) is 3.18. The summed E-state index contributed by atoms with van der Waals surface area (Å²) in [6, 6.07) is 6.83. The van der Waals surface area contributed by atoms with E-state index in [4.69, 9.17) is 4.52 Å². The van der Waals surface area contributed by atoms with E-state index in [0.717, 1.165) is 24.8 Å². The number of aryl methyl sites for hydroxylation is 2. The lowest BCUT2D eigenvalue weighted by atomic mass is 10.1. The van der Waals surface area contributed by atoms with Crippen LogP contribution in [0.25, 0.3) is 0 Å². The second-order valence-corrected chi connectivity index (χ2v) is 8.88. The van der Waals surface area contributed by atoms with Gasteiger partial charge in [0.15, 0.2) is 5.82 Å². The van der Waals surface area contributed by atoms with Crippen molar-refractivity contribution < 1.29 is 17.7 Å². The van der Waals surface area contributed by atoms with E-state index >= 15 is 0 Å². The molecule has 1 aliphatic heterocycles. The van der Waals surface area contributed by atoms with E-state index in [9.17, 15) is 13.2 Å². The number of benzene rings is 1. The minimum absolute atomic E-state index is 0.0683. The molecule has 9 heteroatoms. The van der Waals surface area contributed by atoms with Gasteiger partial charge in [-0.2, -0.15) is 9.29 Å². The van der Waals surface area contributed by atoms with E-state index in [1.54, 1.807) is 35.5 Å². The van der Waals surface area contributed by atoms with Gasteiger partial charge in [-0.05, 0) is 43.9 Å². The van der Waals surface area contributed by atoms with E-state index in [0.29, 0.717) is 55.5 Å². The highest BCUT2D eigenvalue weighted by Gasteiger charge is 2.25. The van der Waals surface area contributed by atoms with Crippen LogP contribution >= 0.6 is 0 Å². The van der Waals surface area contributed by atoms with Gasteiger partial charge >= 0.3 is 0 Å². The zero-order valence-electron chi connectivity index (χ0n) is 16.1. The fraction of sp³-hybridized carbons (Fsp3) is 0.526. The summed E-state index contributed by atoms with van der Waals surface area (Å²) in [4.78, 5) is 16.4. The lowest BCUT2D eigenvalue weighted by molar-refractivity contribution is -0.121. The molecule has 0 bridgehead atoms. The molecular weight excluding hydrogens is 380 g/mol. The van der Waals surface area contributed by atoms with Gasteiger partial charge in [-0.25, -0.2) is 8.42 Å². The second-order valence-electron chi connectivity index (χ2n) is 6.94. The van der Waals surface area contributed by atoms with Crippen LogP contribution in [0.15, 0.2) is 33.7 Å². The Morgan fingerprint density at radius 2 is 1.86 bits per heavy atom. The summed E-state index contributed by atoms with van der Waals surface area (Å²) in [6.07, 6.45) is 4.30. The van der Waals surface area contributed by atoms with Crippen LogP contribution < -0.4 is 5.32 Å². The topological polar surface area (TPSA) is 105 Å². The molecule has 1 amide bonds. The number of amides is 1. The molecule has 2 aromatic rings. The first-order valence-corrected chi connectivity index (χ1v) is 11.0. The Labute approximate surface area is 165 Å². The zero-order valence-corrected chi connectivity index (χ0v) is 16.9. The highest BCUT2D eigenvalue weighted by Crippen LogP contribution is 2.21. The Hall–Kier alpha value is -2.26. The molecule has 1 aromatic carbocycles. The molecule has 1 N–H and O–H groups in total. The maximum absolute atomic E-state index is 12.6. The standard InChI is InChI=1S/C19H26N4O4S/c1-15-21-19(27-22-15)11-12-20-18(24)10-7-16-5-8-17(9-6-16)28(25,26)23-13-3-2-4-14-23/h5-6,8-9H,2-4,7,10-14H2,1H3,(H,20,24). The molecule has 0 spiro atoms. The highest BCUT2D eigenvalue weighted by molar-refractivity contribution is 7.89. The first kappa shape index (κ1) is 20.5. The second kappa shape index (κ2) is 9.29. The SMILES string of the molecule is Cc1noc(CCNC(=O)CCc2ccc(S(=O)(=O)N3CCCCC3)cc2)n1. The molecule has 152 valence electrons. The lowest BCUT2D eigenvalue weighted by Crippen LogP contribution is -2.35. The van der Waals surface area contributed by atoms with Crippen molar-refractivity contribution in [2.75, 3.05) is 19.6 Å². The maximum atomic E-state index is 12.6. The summed E-state index contributed by atoms with van der Waals surface area (Å²) in [5, 5.41) is 6.52.